The van der Waals surface area contributed by atoms with Crippen LogP contribution in [0.4, 0.5) is 0 Å². The number of Topliss-reactive ketones (excluding diaryl/α,β-unsaturated/α-hetero) is 1. The zero-order valence-corrected chi connectivity index (χ0v) is 17.0. The van der Waals surface area contributed by atoms with Gasteiger partial charge in [0.25, 0.3) is 0 Å². The average Bonchev–Trinajstić information content (AvgIpc) is 2.46. The molecule has 0 bridgehead atoms. The van der Waals surface area contributed by atoms with Crippen molar-refractivity contribution in [2.45, 2.75) is 23.6 Å². The second-order valence-electron chi connectivity index (χ2n) is 5.29. The first-order chi connectivity index (χ1) is 11.3. The number of hydrogen-bond donors (Lipinski definition) is 2. The minimum Gasteiger partial charge on any atom is -0.508 e. The molecule has 0 aliphatic rings. The SMILES string of the molecule is O=C(CC(Cl)c1ccc(Br)cc1O)CC(Cl)c1ccc(Br)cc1O. The first-order valence-electron chi connectivity index (χ1n) is 7.04. The van der Waals surface area contributed by atoms with E-state index in [0.29, 0.717) is 11.1 Å². The Bertz CT molecular complexity index is 691. The summed E-state index contributed by atoms with van der Waals surface area (Å²) in [6.07, 6.45) is 0.0779. The van der Waals surface area contributed by atoms with Crippen molar-refractivity contribution in [1.82, 2.24) is 0 Å². The number of halogens is 4. The number of aromatic hydroxyl groups is 2. The number of phenols is 2. The summed E-state index contributed by atoms with van der Waals surface area (Å²) in [4.78, 5) is 12.2. The molecule has 24 heavy (non-hydrogen) atoms. The summed E-state index contributed by atoms with van der Waals surface area (Å²) in [5.41, 5.74) is 0.983. The highest BCUT2D eigenvalue weighted by Gasteiger charge is 2.21. The molecule has 3 nitrogen and oxygen atoms in total. The summed E-state index contributed by atoms with van der Waals surface area (Å²) in [6.45, 7) is 0. The maximum Gasteiger partial charge on any atom is 0.136 e. The Labute approximate surface area is 166 Å². The van der Waals surface area contributed by atoms with E-state index in [2.05, 4.69) is 31.9 Å². The van der Waals surface area contributed by atoms with Gasteiger partial charge in [0.15, 0.2) is 0 Å². The van der Waals surface area contributed by atoms with Gasteiger partial charge in [0.2, 0.25) is 0 Å². The molecule has 7 heteroatoms. The smallest absolute Gasteiger partial charge is 0.136 e. The Morgan fingerprint density at radius 2 is 1.25 bits per heavy atom. The Hall–Kier alpha value is -0.750. The summed E-state index contributed by atoms with van der Waals surface area (Å²) < 4.78 is 1.45. The number of benzene rings is 2. The molecule has 0 saturated carbocycles. The highest BCUT2D eigenvalue weighted by atomic mass is 79.9. The van der Waals surface area contributed by atoms with Gasteiger partial charge in [0.05, 0.1) is 10.8 Å². The summed E-state index contributed by atoms with van der Waals surface area (Å²) in [6, 6.07) is 9.89. The molecular formula is C17H14Br2Cl2O3. The van der Waals surface area contributed by atoms with E-state index in [0.717, 1.165) is 8.95 Å². The third kappa shape index (κ3) is 5.12. The Morgan fingerprint density at radius 1 is 0.875 bits per heavy atom. The van der Waals surface area contributed by atoms with Crippen molar-refractivity contribution in [2.75, 3.05) is 0 Å². The highest BCUT2D eigenvalue weighted by molar-refractivity contribution is 9.10. The minimum atomic E-state index is -0.645. The van der Waals surface area contributed by atoms with Gasteiger partial charge in [-0.25, -0.2) is 0 Å². The van der Waals surface area contributed by atoms with Crippen molar-refractivity contribution < 1.29 is 15.0 Å². The molecule has 0 aliphatic heterocycles. The lowest BCUT2D eigenvalue weighted by Gasteiger charge is -2.14. The molecule has 128 valence electrons. The summed E-state index contributed by atoms with van der Waals surface area (Å²) in [5.74, 6) is -0.0880. The molecule has 0 amide bonds. The van der Waals surface area contributed by atoms with Crippen LogP contribution in [0.15, 0.2) is 45.3 Å². The molecule has 0 aromatic heterocycles. The zero-order valence-electron chi connectivity index (χ0n) is 12.3. The third-order valence-electron chi connectivity index (χ3n) is 3.47. The van der Waals surface area contributed by atoms with E-state index in [1.807, 2.05) is 0 Å². The van der Waals surface area contributed by atoms with Gasteiger partial charge in [-0.2, -0.15) is 0 Å². The number of hydrogen-bond acceptors (Lipinski definition) is 3. The summed E-state index contributed by atoms with van der Waals surface area (Å²) in [7, 11) is 0. The van der Waals surface area contributed by atoms with E-state index in [4.69, 9.17) is 23.2 Å². The van der Waals surface area contributed by atoms with Crippen LogP contribution < -0.4 is 0 Å². The van der Waals surface area contributed by atoms with Gasteiger partial charge in [-0.1, -0.05) is 44.0 Å². The number of ketones is 1. The first kappa shape index (κ1) is 19.6. The van der Waals surface area contributed by atoms with Crippen LogP contribution in [0.25, 0.3) is 0 Å². The largest absolute Gasteiger partial charge is 0.508 e. The number of alkyl halides is 2. The normalized spacial score (nSPS) is 13.5. The first-order valence-corrected chi connectivity index (χ1v) is 9.50. The van der Waals surface area contributed by atoms with E-state index < -0.39 is 10.8 Å². The Kier molecular flexibility index (Phi) is 6.99. The van der Waals surface area contributed by atoms with E-state index in [-0.39, 0.29) is 30.1 Å². The molecule has 0 heterocycles. The van der Waals surface area contributed by atoms with Crippen LogP contribution in [0.5, 0.6) is 11.5 Å². The molecule has 2 atom stereocenters. The van der Waals surface area contributed by atoms with Gasteiger partial charge in [0, 0.05) is 32.9 Å². The van der Waals surface area contributed by atoms with E-state index in [1.54, 1.807) is 24.3 Å². The van der Waals surface area contributed by atoms with E-state index in [1.165, 1.54) is 12.1 Å². The predicted molar refractivity (Wildman–Crippen MR) is 103 cm³/mol. The number of carbonyl (C=O) groups is 1. The third-order valence-corrected chi connectivity index (χ3v) is 5.24. The highest BCUT2D eigenvalue weighted by Crippen LogP contribution is 2.37. The molecule has 0 spiro atoms. The lowest BCUT2D eigenvalue weighted by Crippen LogP contribution is -2.06. The average molecular weight is 497 g/mol. The molecule has 0 saturated heterocycles. The zero-order chi connectivity index (χ0) is 17.9. The second kappa shape index (κ2) is 8.56. The fraction of sp³-hybridized carbons (Fsp3) is 0.235. The van der Waals surface area contributed by atoms with Crippen LogP contribution in [0.1, 0.15) is 34.7 Å². The number of carbonyl (C=O) groups excluding carboxylic acids is 1. The van der Waals surface area contributed by atoms with Gasteiger partial charge in [-0.3, -0.25) is 4.79 Å². The van der Waals surface area contributed by atoms with Gasteiger partial charge in [-0.05, 0) is 24.3 Å². The Morgan fingerprint density at radius 3 is 1.58 bits per heavy atom. The van der Waals surface area contributed by atoms with Crippen LogP contribution in [-0.4, -0.2) is 16.0 Å². The van der Waals surface area contributed by atoms with Gasteiger partial charge >= 0.3 is 0 Å². The summed E-state index contributed by atoms with van der Waals surface area (Å²) >= 11 is 19.0. The molecule has 0 radical (unpaired) electrons. The van der Waals surface area contributed by atoms with Gasteiger partial charge in [-0.15, -0.1) is 23.2 Å². The van der Waals surface area contributed by atoms with Crippen molar-refractivity contribution in [2.24, 2.45) is 0 Å². The van der Waals surface area contributed by atoms with Crippen LogP contribution in [-0.2, 0) is 4.79 Å². The van der Waals surface area contributed by atoms with Crippen molar-refractivity contribution in [3.05, 3.63) is 56.5 Å². The van der Waals surface area contributed by atoms with Crippen molar-refractivity contribution in [3.63, 3.8) is 0 Å². The molecule has 2 aromatic carbocycles. The molecule has 0 fully saturated rings. The molecule has 2 N–H and O–H groups in total. The van der Waals surface area contributed by atoms with Crippen LogP contribution in [0.2, 0.25) is 0 Å². The van der Waals surface area contributed by atoms with Crippen LogP contribution in [0, 0.1) is 0 Å². The van der Waals surface area contributed by atoms with Crippen molar-refractivity contribution in [1.29, 1.82) is 0 Å². The molecule has 0 aliphatic carbocycles. The second-order valence-corrected chi connectivity index (χ2v) is 8.17. The lowest BCUT2D eigenvalue weighted by molar-refractivity contribution is -0.119. The molecular weight excluding hydrogens is 483 g/mol. The van der Waals surface area contributed by atoms with Crippen molar-refractivity contribution in [3.8, 4) is 11.5 Å². The van der Waals surface area contributed by atoms with Crippen LogP contribution >= 0.6 is 55.1 Å². The molecule has 2 unspecified atom stereocenters. The lowest BCUT2D eigenvalue weighted by atomic mass is 10.0. The van der Waals surface area contributed by atoms with Crippen molar-refractivity contribution >= 4 is 60.8 Å². The monoisotopic (exact) mass is 494 g/mol. The van der Waals surface area contributed by atoms with Crippen LogP contribution in [0.3, 0.4) is 0 Å². The standard InChI is InChI=1S/C17H14Br2Cl2O3/c18-9-1-3-12(16(23)5-9)14(20)7-11(22)8-15(21)13-4-2-10(19)6-17(13)24/h1-6,14-15,23-24H,7-8H2. The number of phenolic OH excluding ortho intramolecular Hbond substituents is 2. The summed E-state index contributed by atoms with van der Waals surface area (Å²) in [5, 5.41) is 18.5. The molecule has 2 rings (SSSR count). The van der Waals surface area contributed by atoms with Gasteiger partial charge < -0.3 is 10.2 Å². The predicted octanol–water partition coefficient (Wildman–Crippen LogP) is 6.23. The van der Waals surface area contributed by atoms with E-state index in [9.17, 15) is 15.0 Å². The van der Waals surface area contributed by atoms with E-state index >= 15 is 0 Å². The molecule has 2 aromatic rings. The van der Waals surface area contributed by atoms with Gasteiger partial charge in [0.1, 0.15) is 17.3 Å². The Balaban J connectivity index is 2.01. The number of rotatable bonds is 6. The fourth-order valence-corrected chi connectivity index (χ4v) is 3.68. The maximum absolute atomic E-state index is 12.2. The maximum atomic E-state index is 12.2. The minimum absolute atomic E-state index is 0.0325. The topological polar surface area (TPSA) is 57.5 Å². The fourth-order valence-electron chi connectivity index (χ4n) is 2.27. The quantitative estimate of drug-likeness (QED) is 0.466.